The summed E-state index contributed by atoms with van der Waals surface area (Å²) in [6.07, 6.45) is 3.05. The second-order valence-corrected chi connectivity index (χ2v) is 6.57. The third kappa shape index (κ3) is 5.01. The highest BCUT2D eigenvalue weighted by atomic mass is 35.5. The summed E-state index contributed by atoms with van der Waals surface area (Å²) in [5.74, 6) is 1.18. The van der Waals surface area contributed by atoms with Gasteiger partial charge in [0.2, 0.25) is 5.91 Å². The molecule has 4 heteroatoms. The average molecular weight is 309 g/mol. The molecular weight excluding hydrogens is 284 g/mol. The van der Waals surface area contributed by atoms with E-state index < -0.39 is 0 Å². The number of benzene rings is 1. The highest BCUT2D eigenvalue weighted by molar-refractivity contribution is 6.30. The summed E-state index contributed by atoms with van der Waals surface area (Å²) in [7, 11) is 0. The van der Waals surface area contributed by atoms with E-state index in [9.17, 15) is 4.79 Å². The van der Waals surface area contributed by atoms with Gasteiger partial charge in [0.15, 0.2) is 0 Å². The largest absolute Gasteiger partial charge is 0.350 e. The summed E-state index contributed by atoms with van der Waals surface area (Å²) in [5.41, 5.74) is 1.08. The van der Waals surface area contributed by atoms with E-state index in [1.54, 1.807) is 0 Å². The molecule has 0 bridgehead atoms. The predicted octanol–water partition coefficient (Wildman–Crippen LogP) is 3.54. The van der Waals surface area contributed by atoms with Gasteiger partial charge in [0, 0.05) is 11.4 Å². The van der Waals surface area contributed by atoms with Gasteiger partial charge in [0.1, 0.15) is 0 Å². The Morgan fingerprint density at radius 3 is 2.71 bits per heavy atom. The Bertz CT molecular complexity index is 454. The van der Waals surface area contributed by atoms with Gasteiger partial charge in [-0.2, -0.15) is 0 Å². The number of nitrogens with one attached hydrogen (secondary N) is 2. The van der Waals surface area contributed by atoms with Crippen LogP contribution < -0.4 is 10.6 Å². The van der Waals surface area contributed by atoms with Crippen molar-refractivity contribution in [3.63, 3.8) is 0 Å². The fourth-order valence-corrected chi connectivity index (χ4v) is 3.08. The van der Waals surface area contributed by atoms with Crippen LogP contribution in [-0.2, 0) is 4.79 Å². The third-order valence-corrected chi connectivity index (χ3v) is 4.65. The number of hydrogen-bond acceptors (Lipinski definition) is 2. The SMILES string of the molecule is CC(NC(=O)CC(C)C1CCCNC1)c1ccc(Cl)cc1. The van der Waals surface area contributed by atoms with E-state index in [-0.39, 0.29) is 11.9 Å². The van der Waals surface area contributed by atoms with Gasteiger partial charge in [-0.05, 0) is 62.4 Å². The Balaban J connectivity index is 1.81. The zero-order valence-electron chi connectivity index (χ0n) is 12.9. The minimum absolute atomic E-state index is 0.0199. The molecular formula is C17H25ClN2O. The van der Waals surface area contributed by atoms with E-state index in [1.165, 1.54) is 12.8 Å². The van der Waals surface area contributed by atoms with Gasteiger partial charge in [-0.25, -0.2) is 0 Å². The highest BCUT2D eigenvalue weighted by Crippen LogP contribution is 2.23. The number of carbonyl (C=O) groups excluding carboxylic acids is 1. The lowest BCUT2D eigenvalue weighted by Crippen LogP contribution is -2.36. The molecule has 0 saturated carbocycles. The van der Waals surface area contributed by atoms with Crippen molar-refractivity contribution in [1.29, 1.82) is 0 Å². The molecule has 1 aliphatic heterocycles. The lowest BCUT2D eigenvalue weighted by Gasteiger charge is -2.28. The lowest BCUT2D eigenvalue weighted by molar-refractivity contribution is -0.123. The van der Waals surface area contributed by atoms with E-state index in [2.05, 4.69) is 17.6 Å². The van der Waals surface area contributed by atoms with Gasteiger partial charge in [-0.15, -0.1) is 0 Å². The van der Waals surface area contributed by atoms with E-state index in [1.807, 2.05) is 31.2 Å². The van der Waals surface area contributed by atoms with Gasteiger partial charge < -0.3 is 10.6 Å². The monoisotopic (exact) mass is 308 g/mol. The smallest absolute Gasteiger partial charge is 0.220 e. The van der Waals surface area contributed by atoms with Crippen molar-refractivity contribution in [2.45, 2.75) is 39.2 Å². The Hall–Kier alpha value is -1.06. The van der Waals surface area contributed by atoms with Crippen molar-refractivity contribution in [2.75, 3.05) is 13.1 Å². The first-order valence-electron chi connectivity index (χ1n) is 7.82. The van der Waals surface area contributed by atoms with Crippen LogP contribution >= 0.6 is 11.6 Å². The second kappa shape index (κ2) is 7.81. The van der Waals surface area contributed by atoms with E-state index in [0.29, 0.717) is 18.3 Å². The fraction of sp³-hybridized carbons (Fsp3) is 0.588. The number of amides is 1. The zero-order valence-corrected chi connectivity index (χ0v) is 13.6. The summed E-state index contributed by atoms with van der Waals surface area (Å²) >= 11 is 5.88. The van der Waals surface area contributed by atoms with Gasteiger partial charge >= 0.3 is 0 Å². The maximum absolute atomic E-state index is 12.2. The van der Waals surface area contributed by atoms with Crippen molar-refractivity contribution in [1.82, 2.24) is 10.6 Å². The van der Waals surface area contributed by atoms with E-state index in [4.69, 9.17) is 11.6 Å². The molecule has 3 atom stereocenters. The van der Waals surface area contributed by atoms with Crippen molar-refractivity contribution in [3.8, 4) is 0 Å². The molecule has 1 amide bonds. The minimum atomic E-state index is 0.0199. The number of carbonyl (C=O) groups is 1. The summed E-state index contributed by atoms with van der Waals surface area (Å²) < 4.78 is 0. The summed E-state index contributed by atoms with van der Waals surface area (Å²) in [6.45, 7) is 6.35. The van der Waals surface area contributed by atoms with Gasteiger partial charge in [0.25, 0.3) is 0 Å². The first kappa shape index (κ1) is 16.3. The Labute approximate surface area is 132 Å². The maximum atomic E-state index is 12.2. The van der Waals surface area contributed by atoms with Crippen LogP contribution in [0.3, 0.4) is 0 Å². The topological polar surface area (TPSA) is 41.1 Å². The first-order valence-corrected chi connectivity index (χ1v) is 8.19. The molecule has 3 unspecified atom stereocenters. The number of rotatable bonds is 5. The Morgan fingerprint density at radius 2 is 2.10 bits per heavy atom. The molecule has 0 radical (unpaired) electrons. The van der Waals surface area contributed by atoms with E-state index >= 15 is 0 Å². The minimum Gasteiger partial charge on any atom is -0.350 e. The maximum Gasteiger partial charge on any atom is 0.220 e. The van der Waals surface area contributed by atoms with Crippen LogP contribution in [-0.4, -0.2) is 19.0 Å². The van der Waals surface area contributed by atoms with Crippen LogP contribution in [0.5, 0.6) is 0 Å². The number of halogens is 1. The predicted molar refractivity (Wildman–Crippen MR) is 87.4 cm³/mol. The molecule has 2 N–H and O–H groups in total. The molecule has 1 aliphatic rings. The number of piperidine rings is 1. The average Bonchev–Trinajstić information content (AvgIpc) is 2.48. The molecule has 0 spiro atoms. The molecule has 0 aromatic heterocycles. The Morgan fingerprint density at radius 1 is 1.38 bits per heavy atom. The highest BCUT2D eigenvalue weighted by Gasteiger charge is 2.22. The van der Waals surface area contributed by atoms with Crippen molar-refractivity contribution in [2.24, 2.45) is 11.8 Å². The lowest BCUT2D eigenvalue weighted by atomic mass is 9.85. The summed E-state index contributed by atoms with van der Waals surface area (Å²) in [4.78, 5) is 12.2. The molecule has 1 fully saturated rings. The summed E-state index contributed by atoms with van der Waals surface area (Å²) in [6, 6.07) is 7.65. The molecule has 2 rings (SSSR count). The van der Waals surface area contributed by atoms with Crippen LogP contribution in [0.4, 0.5) is 0 Å². The second-order valence-electron chi connectivity index (χ2n) is 6.13. The van der Waals surface area contributed by atoms with Crippen molar-refractivity contribution >= 4 is 17.5 Å². The van der Waals surface area contributed by atoms with Crippen LogP contribution in [0.1, 0.15) is 44.7 Å². The third-order valence-electron chi connectivity index (χ3n) is 4.39. The molecule has 3 nitrogen and oxygen atoms in total. The van der Waals surface area contributed by atoms with Crippen LogP contribution in [0, 0.1) is 11.8 Å². The quantitative estimate of drug-likeness (QED) is 0.873. The molecule has 1 aromatic carbocycles. The van der Waals surface area contributed by atoms with Crippen molar-refractivity contribution < 1.29 is 4.79 Å². The van der Waals surface area contributed by atoms with Gasteiger partial charge in [-0.1, -0.05) is 30.7 Å². The molecule has 116 valence electrons. The first-order chi connectivity index (χ1) is 10.1. The molecule has 1 heterocycles. The summed E-state index contributed by atoms with van der Waals surface area (Å²) in [5, 5.41) is 7.22. The van der Waals surface area contributed by atoms with Crippen LogP contribution in [0.15, 0.2) is 24.3 Å². The normalized spacial score (nSPS) is 21.6. The Kier molecular flexibility index (Phi) is 6.07. The zero-order chi connectivity index (χ0) is 15.2. The van der Waals surface area contributed by atoms with Gasteiger partial charge in [-0.3, -0.25) is 4.79 Å². The standard InChI is InChI=1S/C17H25ClN2O/c1-12(15-4-3-9-19-11-15)10-17(21)20-13(2)14-5-7-16(18)8-6-14/h5-8,12-13,15,19H,3-4,9-11H2,1-2H3,(H,20,21). The van der Waals surface area contributed by atoms with Crippen LogP contribution in [0.25, 0.3) is 0 Å². The molecule has 21 heavy (non-hydrogen) atoms. The van der Waals surface area contributed by atoms with E-state index in [0.717, 1.165) is 23.7 Å². The molecule has 1 aromatic rings. The van der Waals surface area contributed by atoms with Crippen LogP contribution in [0.2, 0.25) is 5.02 Å². The molecule has 0 aliphatic carbocycles. The van der Waals surface area contributed by atoms with Gasteiger partial charge in [0.05, 0.1) is 6.04 Å². The van der Waals surface area contributed by atoms with Crippen molar-refractivity contribution in [3.05, 3.63) is 34.9 Å². The number of hydrogen-bond donors (Lipinski definition) is 2. The fourth-order valence-electron chi connectivity index (χ4n) is 2.96. The molecule has 1 saturated heterocycles.